The van der Waals surface area contributed by atoms with Crippen molar-refractivity contribution in [2.45, 2.75) is 24.6 Å². The summed E-state index contributed by atoms with van der Waals surface area (Å²) in [4.78, 5) is 0. The van der Waals surface area contributed by atoms with E-state index in [1.54, 1.807) is 0 Å². The van der Waals surface area contributed by atoms with Gasteiger partial charge in [-0.2, -0.15) is 11.8 Å². The normalized spacial score (nSPS) is 14.2. The summed E-state index contributed by atoms with van der Waals surface area (Å²) in [6.07, 6.45) is 2.18. The average Bonchev–Trinajstić information content (AvgIpc) is 2.80. The van der Waals surface area contributed by atoms with E-state index in [0.717, 1.165) is 6.54 Å². The Morgan fingerprint density at radius 1 is 0.950 bits per heavy atom. The zero-order chi connectivity index (χ0) is 14.2. The number of hydrogen-bond donors (Lipinski definition) is 1. The lowest BCUT2D eigenvalue weighted by molar-refractivity contribution is 0.548. The van der Waals surface area contributed by atoms with Crippen LogP contribution in [-0.2, 0) is 0 Å². The molecular weight excluding hydrogens is 262 g/mol. The largest absolute Gasteiger partial charge is 0.305 e. The van der Waals surface area contributed by atoms with Crippen LogP contribution in [0, 0.1) is 0 Å². The summed E-state index contributed by atoms with van der Waals surface area (Å²) < 4.78 is 0.256. The van der Waals surface area contributed by atoms with E-state index in [4.69, 9.17) is 0 Å². The molecule has 0 radical (unpaired) electrons. The number of fused-ring (bicyclic) bond motifs is 3. The summed E-state index contributed by atoms with van der Waals surface area (Å²) in [5, 5.41) is 3.76. The van der Waals surface area contributed by atoms with Gasteiger partial charge in [0.25, 0.3) is 0 Å². The molecule has 0 amide bonds. The predicted octanol–water partition coefficient (Wildman–Crippen LogP) is 4.49. The number of hydrogen-bond acceptors (Lipinski definition) is 2. The van der Waals surface area contributed by atoms with Gasteiger partial charge >= 0.3 is 0 Å². The predicted molar refractivity (Wildman–Crippen MR) is 89.3 cm³/mol. The Labute approximate surface area is 125 Å². The minimum absolute atomic E-state index is 0.256. The van der Waals surface area contributed by atoms with E-state index in [1.165, 1.54) is 22.3 Å². The van der Waals surface area contributed by atoms with Gasteiger partial charge in [0.05, 0.1) is 6.04 Å². The van der Waals surface area contributed by atoms with Crippen molar-refractivity contribution in [2.75, 3.05) is 12.8 Å². The number of rotatable bonds is 4. The van der Waals surface area contributed by atoms with Crippen LogP contribution in [0.1, 0.15) is 31.0 Å². The topological polar surface area (TPSA) is 12.0 Å². The molecule has 0 atom stereocenters. The molecule has 1 aliphatic carbocycles. The van der Waals surface area contributed by atoms with Crippen LogP contribution >= 0.6 is 11.8 Å². The molecule has 1 N–H and O–H groups in total. The fourth-order valence-electron chi connectivity index (χ4n) is 2.80. The molecule has 3 rings (SSSR count). The second-order valence-corrected chi connectivity index (χ2v) is 7.47. The maximum Gasteiger partial charge on any atom is 0.0589 e. The molecule has 0 saturated heterocycles. The maximum atomic E-state index is 3.76. The van der Waals surface area contributed by atoms with Crippen LogP contribution < -0.4 is 5.32 Å². The Bertz CT molecular complexity index is 573. The molecule has 104 valence electrons. The molecule has 20 heavy (non-hydrogen) atoms. The first kappa shape index (κ1) is 13.7. The molecule has 0 spiro atoms. The van der Waals surface area contributed by atoms with E-state index in [-0.39, 0.29) is 4.75 Å². The summed E-state index contributed by atoms with van der Waals surface area (Å²) in [6.45, 7) is 5.58. The van der Waals surface area contributed by atoms with Crippen molar-refractivity contribution < 1.29 is 0 Å². The van der Waals surface area contributed by atoms with Gasteiger partial charge in [-0.25, -0.2) is 0 Å². The lowest BCUT2D eigenvalue weighted by atomic mass is 10.0. The Morgan fingerprint density at radius 2 is 1.45 bits per heavy atom. The van der Waals surface area contributed by atoms with E-state index >= 15 is 0 Å². The van der Waals surface area contributed by atoms with Crippen LogP contribution in [0.4, 0.5) is 0 Å². The van der Waals surface area contributed by atoms with Gasteiger partial charge in [-0.05, 0) is 42.4 Å². The van der Waals surface area contributed by atoms with Gasteiger partial charge in [0.15, 0.2) is 0 Å². The minimum Gasteiger partial charge on any atom is -0.305 e. The van der Waals surface area contributed by atoms with Crippen molar-refractivity contribution in [2.24, 2.45) is 0 Å². The van der Waals surface area contributed by atoms with E-state index < -0.39 is 0 Å². The zero-order valence-corrected chi connectivity index (χ0v) is 13.1. The van der Waals surface area contributed by atoms with Gasteiger partial charge in [0, 0.05) is 11.3 Å². The van der Waals surface area contributed by atoms with Crippen LogP contribution in [0.3, 0.4) is 0 Å². The van der Waals surface area contributed by atoms with E-state index in [2.05, 4.69) is 74.0 Å². The Kier molecular flexibility index (Phi) is 3.61. The zero-order valence-electron chi connectivity index (χ0n) is 12.3. The third kappa shape index (κ3) is 2.38. The van der Waals surface area contributed by atoms with Gasteiger partial charge in [-0.1, -0.05) is 48.5 Å². The second kappa shape index (κ2) is 5.27. The lowest BCUT2D eigenvalue weighted by Crippen LogP contribution is -2.34. The molecule has 0 bridgehead atoms. The Hall–Kier alpha value is -1.25. The molecule has 0 aliphatic heterocycles. The number of benzene rings is 2. The highest BCUT2D eigenvalue weighted by Gasteiger charge is 2.29. The van der Waals surface area contributed by atoms with Crippen molar-refractivity contribution in [1.29, 1.82) is 0 Å². The van der Waals surface area contributed by atoms with Gasteiger partial charge < -0.3 is 5.32 Å². The smallest absolute Gasteiger partial charge is 0.0589 e. The third-order valence-electron chi connectivity index (χ3n) is 4.12. The van der Waals surface area contributed by atoms with Gasteiger partial charge in [0.1, 0.15) is 0 Å². The van der Waals surface area contributed by atoms with E-state index in [0.29, 0.717) is 6.04 Å². The number of thioether (sulfide) groups is 1. The fourth-order valence-corrected chi connectivity index (χ4v) is 3.02. The summed E-state index contributed by atoms with van der Waals surface area (Å²) in [6, 6.07) is 17.8. The van der Waals surface area contributed by atoms with E-state index in [9.17, 15) is 0 Å². The van der Waals surface area contributed by atoms with Crippen LogP contribution in [0.5, 0.6) is 0 Å². The first-order valence-corrected chi connectivity index (χ1v) is 8.31. The molecule has 0 unspecified atom stereocenters. The molecule has 0 aromatic heterocycles. The summed E-state index contributed by atoms with van der Waals surface area (Å²) in [5.41, 5.74) is 5.57. The summed E-state index contributed by atoms with van der Waals surface area (Å²) >= 11 is 1.91. The van der Waals surface area contributed by atoms with E-state index in [1.807, 2.05) is 11.8 Å². The van der Waals surface area contributed by atoms with Gasteiger partial charge in [-0.15, -0.1) is 0 Å². The second-order valence-electron chi connectivity index (χ2n) is 5.95. The highest BCUT2D eigenvalue weighted by Crippen LogP contribution is 2.43. The molecular formula is C18H21NS. The average molecular weight is 283 g/mol. The Morgan fingerprint density at radius 3 is 1.95 bits per heavy atom. The molecule has 1 aliphatic rings. The van der Waals surface area contributed by atoms with Crippen molar-refractivity contribution in [3.63, 3.8) is 0 Å². The number of nitrogens with one attached hydrogen (secondary N) is 1. The van der Waals surface area contributed by atoms with Crippen LogP contribution in [0.15, 0.2) is 48.5 Å². The van der Waals surface area contributed by atoms with Crippen molar-refractivity contribution in [1.82, 2.24) is 5.32 Å². The van der Waals surface area contributed by atoms with Crippen LogP contribution in [-0.4, -0.2) is 17.5 Å². The monoisotopic (exact) mass is 283 g/mol. The van der Waals surface area contributed by atoms with Crippen LogP contribution in [0.2, 0.25) is 0 Å². The van der Waals surface area contributed by atoms with Crippen molar-refractivity contribution in [3.8, 4) is 11.1 Å². The van der Waals surface area contributed by atoms with Crippen molar-refractivity contribution in [3.05, 3.63) is 59.7 Å². The molecule has 2 aromatic rings. The van der Waals surface area contributed by atoms with Crippen LogP contribution in [0.25, 0.3) is 11.1 Å². The summed E-state index contributed by atoms with van der Waals surface area (Å²) in [7, 11) is 0. The Balaban J connectivity index is 1.95. The van der Waals surface area contributed by atoms with Crippen molar-refractivity contribution >= 4 is 11.8 Å². The summed E-state index contributed by atoms with van der Waals surface area (Å²) in [5.74, 6) is 0. The molecule has 2 aromatic carbocycles. The standard InChI is InChI=1S/C18H21NS/c1-18(2,20-3)12-19-17-15-10-6-4-8-13(15)14-9-5-7-11-16(14)17/h4-11,17,19H,12H2,1-3H3. The quantitative estimate of drug-likeness (QED) is 0.887. The first-order valence-electron chi connectivity index (χ1n) is 7.09. The molecule has 0 saturated carbocycles. The highest BCUT2D eigenvalue weighted by molar-refractivity contribution is 7.99. The van der Waals surface area contributed by atoms with Gasteiger partial charge in [-0.3, -0.25) is 0 Å². The molecule has 2 heteroatoms. The van der Waals surface area contributed by atoms with Gasteiger partial charge in [0.2, 0.25) is 0 Å². The highest BCUT2D eigenvalue weighted by atomic mass is 32.2. The maximum absolute atomic E-state index is 3.76. The lowest BCUT2D eigenvalue weighted by Gasteiger charge is -2.26. The minimum atomic E-state index is 0.256. The fraction of sp³-hybridized carbons (Fsp3) is 0.333. The molecule has 0 heterocycles. The molecule has 1 nitrogen and oxygen atoms in total. The molecule has 0 fully saturated rings. The SMILES string of the molecule is CSC(C)(C)CNC1c2ccccc2-c2ccccc21. The third-order valence-corrected chi connectivity index (χ3v) is 5.37. The first-order chi connectivity index (χ1) is 9.62.